The van der Waals surface area contributed by atoms with Crippen LogP contribution in [0.2, 0.25) is 0 Å². The molecule has 5 heteroatoms. The van der Waals surface area contributed by atoms with E-state index < -0.39 is 6.10 Å². The number of aromatic nitrogens is 1. The molecule has 0 radical (unpaired) electrons. The van der Waals surface area contributed by atoms with Gasteiger partial charge >= 0.3 is 0 Å². The van der Waals surface area contributed by atoms with Gasteiger partial charge in [-0.25, -0.2) is 0 Å². The Hall–Kier alpha value is -3.41. The van der Waals surface area contributed by atoms with Gasteiger partial charge in [0, 0.05) is 23.5 Å². The van der Waals surface area contributed by atoms with E-state index in [1.165, 1.54) is 22.3 Å². The highest BCUT2D eigenvalue weighted by Gasteiger charge is 2.24. The number of fused-ring (bicyclic) bond motifs is 2. The largest absolute Gasteiger partial charge is 0.487 e. The second kappa shape index (κ2) is 10.9. The van der Waals surface area contributed by atoms with Gasteiger partial charge in [0.1, 0.15) is 12.4 Å². The predicted octanol–water partition coefficient (Wildman–Crippen LogP) is 5.33. The first-order chi connectivity index (χ1) is 18.0. The summed E-state index contributed by atoms with van der Waals surface area (Å²) in [7, 11) is 0. The van der Waals surface area contributed by atoms with Crippen LogP contribution in [-0.2, 0) is 32.3 Å². The maximum absolute atomic E-state index is 12.5. The van der Waals surface area contributed by atoms with E-state index in [9.17, 15) is 9.90 Å². The number of hydrogen-bond acceptors (Lipinski definition) is 4. The molecule has 1 heterocycles. The van der Waals surface area contributed by atoms with Crippen LogP contribution in [0.3, 0.4) is 0 Å². The molecule has 1 aliphatic rings. The fourth-order valence-corrected chi connectivity index (χ4v) is 5.51. The molecule has 0 amide bonds. The first kappa shape index (κ1) is 25.2. The Labute approximate surface area is 218 Å². The Morgan fingerprint density at radius 1 is 1.00 bits per heavy atom. The third-order valence-electron chi connectivity index (χ3n) is 7.61. The summed E-state index contributed by atoms with van der Waals surface area (Å²) in [6, 6.07) is 20.6. The second-order valence-electron chi connectivity index (χ2n) is 10.1. The van der Waals surface area contributed by atoms with Crippen molar-refractivity contribution in [3.05, 3.63) is 110 Å². The summed E-state index contributed by atoms with van der Waals surface area (Å²) in [5.41, 5.74) is 8.68. The van der Waals surface area contributed by atoms with E-state index in [2.05, 4.69) is 36.3 Å². The SMILES string of the molecule is CCc1cc2c(cc1CC)CC(NCC(O)c1ccc(OCc3ccccc3)c3[nH]c(=O)c(C)cc13)C2. The van der Waals surface area contributed by atoms with Crippen molar-refractivity contribution in [3.8, 4) is 5.75 Å². The number of aryl methyl sites for hydroxylation is 3. The van der Waals surface area contributed by atoms with Gasteiger partial charge in [-0.05, 0) is 78.1 Å². The Morgan fingerprint density at radius 3 is 2.32 bits per heavy atom. The first-order valence-corrected chi connectivity index (χ1v) is 13.3. The van der Waals surface area contributed by atoms with Crippen molar-refractivity contribution >= 4 is 10.9 Å². The summed E-state index contributed by atoms with van der Waals surface area (Å²) in [5, 5.41) is 15.6. The lowest BCUT2D eigenvalue weighted by molar-refractivity contribution is 0.171. The molecule has 37 heavy (non-hydrogen) atoms. The Kier molecular flexibility index (Phi) is 7.45. The zero-order valence-electron chi connectivity index (χ0n) is 21.9. The van der Waals surface area contributed by atoms with Crippen molar-refractivity contribution in [1.29, 1.82) is 0 Å². The van der Waals surface area contributed by atoms with E-state index in [1.54, 1.807) is 6.92 Å². The molecule has 3 aromatic carbocycles. The molecule has 0 bridgehead atoms. The molecule has 1 unspecified atom stereocenters. The van der Waals surface area contributed by atoms with Crippen molar-refractivity contribution in [2.45, 2.75) is 65.2 Å². The van der Waals surface area contributed by atoms with Gasteiger partial charge in [0.2, 0.25) is 0 Å². The summed E-state index contributed by atoms with van der Waals surface area (Å²) in [5.74, 6) is 0.601. The molecule has 0 saturated carbocycles. The number of pyridine rings is 1. The minimum Gasteiger partial charge on any atom is -0.487 e. The van der Waals surface area contributed by atoms with E-state index in [-0.39, 0.29) is 5.56 Å². The molecule has 1 aliphatic carbocycles. The Morgan fingerprint density at radius 2 is 1.68 bits per heavy atom. The normalized spacial score (nSPS) is 14.2. The van der Waals surface area contributed by atoms with E-state index >= 15 is 0 Å². The summed E-state index contributed by atoms with van der Waals surface area (Å²) >= 11 is 0. The van der Waals surface area contributed by atoms with Crippen LogP contribution < -0.4 is 15.6 Å². The molecule has 0 saturated heterocycles. The van der Waals surface area contributed by atoms with Crippen LogP contribution in [0.1, 0.15) is 58.9 Å². The van der Waals surface area contributed by atoms with Gasteiger partial charge in [0.25, 0.3) is 5.56 Å². The van der Waals surface area contributed by atoms with Crippen molar-refractivity contribution in [2.75, 3.05) is 6.54 Å². The van der Waals surface area contributed by atoms with Gasteiger partial charge in [-0.2, -0.15) is 0 Å². The number of ether oxygens (including phenoxy) is 1. The molecule has 0 aliphatic heterocycles. The van der Waals surface area contributed by atoms with Crippen LogP contribution in [0.15, 0.2) is 65.5 Å². The van der Waals surface area contributed by atoms with E-state index in [4.69, 9.17) is 4.74 Å². The van der Waals surface area contributed by atoms with Crippen LogP contribution in [0.25, 0.3) is 10.9 Å². The molecule has 5 rings (SSSR count). The second-order valence-corrected chi connectivity index (χ2v) is 10.1. The van der Waals surface area contributed by atoms with Crippen LogP contribution in [0.4, 0.5) is 0 Å². The topological polar surface area (TPSA) is 74.3 Å². The van der Waals surface area contributed by atoms with Crippen LogP contribution in [0, 0.1) is 6.92 Å². The molecule has 5 nitrogen and oxygen atoms in total. The molecule has 0 spiro atoms. The summed E-state index contributed by atoms with van der Waals surface area (Å²) in [6.45, 7) is 7.07. The molecular weight excluding hydrogens is 460 g/mol. The highest BCUT2D eigenvalue weighted by atomic mass is 16.5. The quantitative estimate of drug-likeness (QED) is 0.293. The summed E-state index contributed by atoms with van der Waals surface area (Å²) < 4.78 is 6.08. The number of nitrogens with one attached hydrogen (secondary N) is 2. The number of aliphatic hydroxyl groups is 1. The van der Waals surface area contributed by atoms with Gasteiger partial charge in [-0.15, -0.1) is 0 Å². The zero-order chi connectivity index (χ0) is 25.9. The third-order valence-corrected chi connectivity index (χ3v) is 7.61. The molecule has 4 aromatic rings. The molecule has 192 valence electrons. The minimum absolute atomic E-state index is 0.150. The lowest BCUT2D eigenvalue weighted by atomic mass is 9.97. The monoisotopic (exact) mass is 496 g/mol. The molecule has 3 N–H and O–H groups in total. The standard InChI is InChI=1S/C32H36N2O3/c1-4-22-14-24-16-26(17-25(24)15-23(22)5-2)33-18-29(35)27-11-12-30(37-19-21-9-7-6-8-10-21)31-28(27)13-20(3)32(36)34-31/h6-15,26,29,33,35H,4-5,16-19H2,1-3H3,(H,34,36). The maximum Gasteiger partial charge on any atom is 0.251 e. The maximum atomic E-state index is 12.5. The van der Waals surface area contributed by atoms with Gasteiger partial charge in [-0.1, -0.05) is 62.4 Å². The van der Waals surface area contributed by atoms with E-state index in [0.717, 1.165) is 42.2 Å². The van der Waals surface area contributed by atoms with Crippen molar-refractivity contribution in [3.63, 3.8) is 0 Å². The van der Waals surface area contributed by atoms with Crippen LogP contribution >= 0.6 is 0 Å². The lowest BCUT2D eigenvalue weighted by Gasteiger charge is -2.19. The average Bonchev–Trinajstić information content (AvgIpc) is 3.32. The third kappa shape index (κ3) is 5.34. The first-order valence-electron chi connectivity index (χ1n) is 13.3. The summed E-state index contributed by atoms with van der Waals surface area (Å²) in [6.07, 6.45) is 3.38. The van der Waals surface area contributed by atoms with Gasteiger partial charge in [0.15, 0.2) is 0 Å². The molecule has 1 aromatic heterocycles. The number of aromatic amines is 1. The van der Waals surface area contributed by atoms with E-state index in [0.29, 0.717) is 36.0 Å². The van der Waals surface area contributed by atoms with Crippen molar-refractivity contribution < 1.29 is 9.84 Å². The summed E-state index contributed by atoms with van der Waals surface area (Å²) in [4.78, 5) is 15.4. The van der Waals surface area contributed by atoms with Crippen LogP contribution in [0.5, 0.6) is 5.75 Å². The van der Waals surface area contributed by atoms with Gasteiger partial charge in [0.05, 0.1) is 11.6 Å². The minimum atomic E-state index is -0.711. The number of H-pyrrole nitrogens is 1. The van der Waals surface area contributed by atoms with Gasteiger partial charge < -0.3 is 20.1 Å². The zero-order valence-corrected chi connectivity index (χ0v) is 21.9. The van der Waals surface area contributed by atoms with Gasteiger partial charge in [-0.3, -0.25) is 4.79 Å². The Balaban J connectivity index is 1.33. The smallest absolute Gasteiger partial charge is 0.251 e. The molecule has 1 atom stereocenters. The number of hydrogen-bond donors (Lipinski definition) is 3. The number of benzene rings is 3. The number of aliphatic hydroxyl groups excluding tert-OH is 1. The fraction of sp³-hybridized carbons (Fsp3) is 0.344. The highest BCUT2D eigenvalue weighted by Crippen LogP contribution is 2.32. The van der Waals surface area contributed by atoms with Crippen LogP contribution in [-0.4, -0.2) is 22.7 Å². The van der Waals surface area contributed by atoms with Crippen molar-refractivity contribution in [1.82, 2.24) is 10.3 Å². The van der Waals surface area contributed by atoms with Crippen molar-refractivity contribution in [2.24, 2.45) is 0 Å². The molecule has 0 fully saturated rings. The predicted molar refractivity (Wildman–Crippen MR) is 149 cm³/mol. The highest BCUT2D eigenvalue weighted by molar-refractivity contribution is 5.88. The fourth-order valence-electron chi connectivity index (χ4n) is 5.51. The van der Waals surface area contributed by atoms with E-state index in [1.807, 2.05) is 48.5 Å². The Bertz CT molecular complexity index is 1430. The average molecular weight is 497 g/mol. The number of rotatable bonds is 9. The lowest BCUT2D eigenvalue weighted by Crippen LogP contribution is -2.33. The molecular formula is C32H36N2O3.